The minimum absolute atomic E-state index is 0.106. The lowest BCUT2D eigenvalue weighted by atomic mass is 10.2. The van der Waals surface area contributed by atoms with Crippen molar-refractivity contribution in [2.45, 2.75) is 6.54 Å². The smallest absolute Gasteiger partial charge is 0.272 e. The summed E-state index contributed by atoms with van der Waals surface area (Å²) in [5, 5.41) is 3.27. The molecule has 0 aromatic carbocycles. The Balaban J connectivity index is 1.62. The maximum atomic E-state index is 12.5. The molecule has 0 saturated carbocycles. The molecule has 1 N–H and O–H groups in total. The maximum absolute atomic E-state index is 12.5. The summed E-state index contributed by atoms with van der Waals surface area (Å²) < 4.78 is 0. The molecule has 3 heterocycles. The second kappa shape index (κ2) is 7.54. The van der Waals surface area contributed by atoms with Crippen LogP contribution in [0, 0.1) is 0 Å². The Bertz CT molecular complexity index is 699. The zero-order valence-electron chi connectivity index (χ0n) is 13.3. The highest BCUT2D eigenvalue weighted by atomic mass is 16.2. The molecular weight excluding hydrogens is 306 g/mol. The Hall–Kier alpha value is -2.96. The number of carbonyl (C=O) groups excluding carboxylic acids is 2. The summed E-state index contributed by atoms with van der Waals surface area (Å²) >= 11 is 0. The highest BCUT2D eigenvalue weighted by Crippen LogP contribution is 2.13. The number of nitrogens with one attached hydrogen (secondary N) is 1. The molecule has 0 radical (unpaired) electrons. The number of pyridine rings is 2. The van der Waals surface area contributed by atoms with Crippen molar-refractivity contribution in [1.29, 1.82) is 0 Å². The van der Waals surface area contributed by atoms with Gasteiger partial charge in [0, 0.05) is 57.0 Å². The molecule has 0 spiro atoms. The summed E-state index contributed by atoms with van der Waals surface area (Å²) in [4.78, 5) is 34.9. The first kappa shape index (κ1) is 15.9. The number of piperazine rings is 1. The predicted molar refractivity (Wildman–Crippen MR) is 89.3 cm³/mol. The van der Waals surface area contributed by atoms with Crippen LogP contribution in [0.25, 0.3) is 0 Å². The van der Waals surface area contributed by atoms with Crippen LogP contribution >= 0.6 is 0 Å². The lowest BCUT2D eigenvalue weighted by molar-refractivity contribution is -0.119. The Kier molecular flexibility index (Phi) is 5.00. The molecule has 1 fully saturated rings. The number of anilines is 1. The zero-order chi connectivity index (χ0) is 16.8. The fourth-order valence-electron chi connectivity index (χ4n) is 2.56. The number of nitrogens with zero attached hydrogens (tertiary/aromatic N) is 4. The summed E-state index contributed by atoms with van der Waals surface area (Å²) in [6.45, 7) is 2.82. The van der Waals surface area contributed by atoms with Crippen LogP contribution in [0.5, 0.6) is 0 Å². The van der Waals surface area contributed by atoms with E-state index in [4.69, 9.17) is 0 Å². The van der Waals surface area contributed by atoms with Crippen molar-refractivity contribution >= 4 is 18.0 Å². The minimum atomic E-state index is -0.106. The van der Waals surface area contributed by atoms with E-state index >= 15 is 0 Å². The van der Waals surface area contributed by atoms with Gasteiger partial charge in [0.1, 0.15) is 5.69 Å². The van der Waals surface area contributed by atoms with Gasteiger partial charge >= 0.3 is 0 Å². The topological polar surface area (TPSA) is 78.4 Å². The van der Waals surface area contributed by atoms with Gasteiger partial charge in [0.2, 0.25) is 6.41 Å². The van der Waals surface area contributed by atoms with Crippen molar-refractivity contribution in [3.8, 4) is 0 Å². The van der Waals surface area contributed by atoms with Gasteiger partial charge < -0.3 is 15.1 Å². The van der Waals surface area contributed by atoms with Crippen LogP contribution in [0.4, 0.5) is 5.69 Å². The lowest BCUT2D eigenvalue weighted by Gasteiger charge is -2.32. The van der Waals surface area contributed by atoms with Crippen LogP contribution in [-0.4, -0.2) is 58.3 Å². The second-order valence-corrected chi connectivity index (χ2v) is 5.58. The van der Waals surface area contributed by atoms with Gasteiger partial charge in [-0.3, -0.25) is 19.6 Å². The highest BCUT2D eigenvalue weighted by Gasteiger charge is 2.22. The van der Waals surface area contributed by atoms with Gasteiger partial charge in [0.05, 0.1) is 0 Å². The van der Waals surface area contributed by atoms with Crippen molar-refractivity contribution in [2.24, 2.45) is 0 Å². The first-order valence-electron chi connectivity index (χ1n) is 7.84. The number of amides is 2. The molecule has 2 amide bonds. The maximum Gasteiger partial charge on any atom is 0.272 e. The molecule has 0 atom stereocenters. The molecular formula is C17H19N5O2. The molecule has 2 aromatic heterocycles. The van der Waals surface area contributed by atoms with Crippen molar-refractivity contribution in [3.63, 3.8) is 0 Å². The third-order valence-corrected chi connectivity index (χ3v) is 3.95. The predicted octanol–water partition coefficient (Wildman–Crippen LogP) is 1.00. The van der Waals surface area contributed by atoms with Gasteiger partial charge in [-0.2, -0.15) is 0 Å². The molecule has 124 valence electrons. The molecule has 24 heavy (non-hydrogen) atoms. The van der Waals surface area contributed by atoms with E-state index < -0.39 is 0 Å². The summed E-state index contributed by atoms with van der Waals surface area (Å²) in [5.74, 6) is -0.106. The molecule has 1 aliphatic rings. The molecule has 1 saturated heterocycles. The summed E-state index contributed by atoms with van der Waals surface area (Å²) in [5.41, 5.74) is 2.31. The molecule has 0 bridgehead atoms. The van der Waals surface area contributed by atoms with E-state index in [0.717, 1.165) is 17.7 Å². The Morgan fingerprint density at radius 3 is 2.75 bits per heavy atom. The average Bonchev–Trinajstić information content (AvgIpc) is 2.67. The van der Waals surface area contributed by atoms with Crippen LogP contribution in [0.15, 0.2) is 42.9 Å². The number of hydrogen-bond acceptors (Lipinski definition) is 5. The van der Waals surface area contributed by atoms with Crippen LogP contribution in [-0.2, 0) is 11.3 Å². The molecule has 7 nitrogen and oxygen atoms in total. The molecule has 1 aliphatic heterocycles. The summed E-state index contributed by atoms with van der Waals surface area (Å²) in [6.07, 6.45) is 5.98. The van der Waals surface area contributed by atoms with Crippen LogP contribution in [0.2, 0.25) is 0 Å². The van der Waals surface area contributed by atoms with Gasteiger partial charge in [-0.25, -0.2) is 0 Å². The molecule has 2 aromatic rings. The second-order valence-electron chi connectivity index (χ2n) is 5.58. The standard InChI is InChI=1S/C17H19N5O2/c23-13-21-6-8-22(9-7-21)17(24)16-10-15(3-5-19-16)20-12-14-2-1-4-18-11-14/h1-5,10-11,13H,6-9,12H2,(H,19,20). The SMILES string of the molecule is O=CN1CCN(C(=O)c2cc(NCc3cccnc3)ccn2)CC1. The third kappa shape index (κ3) is 3.87. The number of aromatic nitrogens is 2. The van der Waals surface area contributed by atoms with E-state index in [0.29, 0.717) is 38.4 Å². The number of carbonyl (C=O) groups is 2. The van der Waals surface area contributed by atoms with Gasteiger partial charge in [-0.15, -0.1) is 0 Å². The van der Waals surface area contributed by atoms with Crippen molar-refractivity contribution in [3.05, 3.63) is 54.1 Å². The normalized spacial score (nSPS) is 14.3. The van der Waals surface area contributed by atoms with E-state index in [1.165, 1.54) is 0 Å². The van der Waals surface area contributed by atoms with Crippen LogP contribution < -0.4 is 5.32 Å². The highest BCUT2D eigenvalue weighted by molar-refractivity contribution is 5.93. The average molecular weight is 325 g/mol. The van der Waals surface area contributed by atoms with Crippen molar-refractivity contribution in [1.82, 2.24) is 19.8 Å². The number of rotatable bonds is 5. The van der Waals surface area contributed by atoms with E-state index in [1.54, 1.807) is 34.5 Å². The van der Waals surface area contributed by atoms with Gasteiger partial charge in [-0.1, -0.05) is 6.07 Å². The third-order valence-electron chi connectivity index (χ3n) is 3.95. The molecule has 0 unspecified atom stereocenters. The van der Waals surface area contributed by atoms with Crippen LogP contribution in [0.3, 0.4) is 0 Å². The van der Waals surface area contributed by atoms with E-state index in [2.05, 4.69) is 15.3 Å². The first-order valence-corrected chi connectivity index (χ1v) is 7.84. The summed E-state index contributed by atoms with van der Waals surface area (Å²) in [6, 6.07) is 7.46. The Morgan fingerprint density at radius 2 is 2.04 bits per heavy atom. The van der Waals surface area contributed by atoms with E-state index in [9.17, 15) is 9.59 Å². The van der Waals surface area contributed by atoms with Crippen LogP contribution in [0.1, 0.15) is 16.1 Å². The first-order chi connectivity index (χ1) is 11.8. The Morgan fingerprint density at radius 1 is 1.21 bits per heavy atom. The zero-order valence-corrected chi connectivity index (χ0v) is 13.3. The fourth-order valence-corrected chi connectivity index (χ4v) is 2.56. The molecule has 0 aliphatic carbocycles. The monoisotopic (exact) mass is 325 g/mol. The Labute approximate surface area is 140 Å². The van der Waals surface area contributed by atoms with Gasteiger partial charge in [0.15, 0.2) is 0 Å². The molecule has 3 rings (SSSR count). The minimum Gasteiger partial charge on any atom is -0.381 e. The van der Waals surface area contributed by atoms with Gasteiger partial charge in [-0.05, 0) is 23.8 Å². The van der Waals surface area contributed by atoms with Crippen molar-refractivity contribution < 1.29 is 9.59 Å². The van der Waals surface area contributed by atoms with E-state index in [1.807, 2.05) is 18.2 Å². The number of hydrogen-bond donors (Lipinski definition) is 1. The lowest BCUT2D eigenvalue weighted by Crippen LogP contribution is -2.48. The summed E-state index contributed by atoms with van der Waals surface area (Å²) in [7, 11) is 0. The molecule has 7 heteroatoms. The fraction of sp³-hybridized carbons (Fsp3) is 0.294. The van der Waals surface area contributed by atoms with E-state index in [-0.39, 0.29) is 5.91 Å². The largest absolute Gasteiger partial charge is 0.381 e. The van der Waals surface area contributed by atoms with Gasteiger partial charge in [0.25, 0.3) is 5.91 Å². The quantitative estimate of drug-likeness (QED) is 0.830. The van der Waals surface area contributed by atoms with Crippen molar-refractivity contribution in [2.75, 3.05) is 31.5 Å².